The van der Waals surface area contributed by atoms with Crippen molar-refractivity contribution in [1.29, 1.82) is 0 Å². The number of ether oxygens (including phenoxy) is 1. The number of hydrogen-bond donors (Lipinski definition) is 1. The Bertz CT molecular complexity index is 544. The molecule has 1 aliphatic rings. The first-order valence-corrected chi connectivity index (χ1v) is 7.48. The van der Waals surface area contributed by atoms with E-state index in [9.17, 15) is 12.8 Å². The first-order valence-electron chi connectivity index (χ1n) is 5.87. The minimum atomic E-state index is -3.62. The molecule has 0 aromatic heterocycles. The van der Waals surface area contributed by atoms with E-state index in [1.165, 1.54) is 12.1 Å². The number of halogens is 1. The van der Waals surface area contributed by atoms with Crippen molar-refractivity contribution in [2.75, 3.05) is 6.61 Å². The van der Waals surface area contributed by atoms with E-state index in [1.54, 1.807) is 13.0 Å². The highest BCUT2D eigenvalue weighted by atomic mass is 32.2. The fourth-order valence-electron chi connectivity index (χ4n) is 2.52. The van der Waals surface area contributed by atoms with Crippen LogP contribution in [0.25, 0.3) is 0 Å². The van der Waals surface area contributed by atoms with Gasteiger partial charge in [0.1, 0.15) is 11.6 Å². The minimum Gasteiger partial charge on any atom is -0.493 e. The zero-order valence-corrected chi connectivity index (χ0v) is 10.9. The number of rotatable bonds is 3. The molecule has 2 atom stereocenters. The van der Waals surface area contributed by atoms with E-state index < -0.39 is 21.1 Å². The van der Waals surface area contributed by atoms with Crippen LogP contribution >= 0.6 is 0 Å². The van der Waals surface area contributed by atoms with Crippen LogP contribution in [-0.2, 0) is 10.0 Å². The summed E-state index contributed by atoms with van der Waals surface area (Å²) in [5.41, 5.74) is 0.725. The number of nitrogens with two attached hydrogens (primary N) is 1. The van der Waals surface area contributed by atoms with Crippen molar-refractivity contribution in [1.82, 2.24) is 0 Å². The molecular weight excluding hydrogens is 257 g/mol. The molecule has 0 saturated carbocycles. The Kier molecular flexibility index (Phi) is 3.59. The van der Waals surface area contributed by atoms with Crippen molar-refractivity contribution in [3.05, 3.63) is 29.6 Å². The molecule has 4 nitrogen and oxygen atoms in total. The minimum absolute atomic E-state index is 0.227. The topological polar surface area (TPSA) is 69.4 Å². The molecule has 0 spiro atoms. The van der Waals surface area contributed by atoms with Gasteiger partial charge in [0.05, 0.1) is 11.9 Å². The van der Waals surface area contributed by atoms with Crippen LogP contribution in [0.15, 0.2) is 18.2 Å². The van der Waals surface area contributed by atoms with E-state index in [-0.39, 0.29) is 5.92 Å². The third-order valence-corrected chi connectivity index (χ3v) is 4.84. The zero-order valence-electron chi connectivity index (χ0n) is 10.1. The zero-order chi connectivity index (χ0) is 13.3. The molecule has 100 valence electrons. The maximum Gasteiger partial charge on any atom is 0.212 e. The molecule has 6 heteroatoms. The molecule has 1 heterocycles. The lowest BCUT2D eigenvalue weighted by Gasteiger charge is -2.30. The molecule has 2 rings (SSSR count). The quantitative estimate of drug-likeness (QED) is 0.912. The van der Waals surface area contributed by atoms with Gasteiger partial charge in [0.15, 0.2) is 0 Å². The molecule has 1 aromatic rings. The van der Waals surface area contributed by atoms with Crippen molar-refractivity contribution >= 4 is 10.0 Å². The molecule has 2 N–H and O–H groups in total. The molecule has 0 unspecified atom stereocenters. The van der Waals surface area contributed by atoms with E-state index in [1.807, 2.05) is 0 Å². The lowest BCUT2D eigenvalue weighted by Crippen LogP contribution is -2.35. The Morgan fingerprint density at radius 1 is 1.56 bits per heavy atom. The van der Waals surface area contributed by atoms with Gasteiger partial charge in [0.2, 0.25) is 10.0 Å². The molecule has 0 fully saturated rings. The summed E-state index contributed by atoms with van der Waals surface area (Å²) in [7, 11) is -3.62. The third kappa shape index (κ3) is 2.49. The number of hydrogen-bond acceptors (Lipinski definition) is 3. The standard InChI is InChI=1S/C12H16FNO3S/c1-2-12(18(14,15)16)10-5-6-17-11-7-8(13)3-4-9(10)11/h3-4,7,10,12H,2,5-6H2,1H3,(H2,14,15,16)/t10-,12+/m0/s1. The predicted octanol–water partition coefficient (Wildman–Crippen LogP) is 1.76. The Morgan fingerprint density at radius 2 is 2.28 bits per heavy atom. The molecule has 1 aromatic carbocycles. The lowest BCUT2D eigenvalue weighted by atomic mass is 9.89. The fourth-order valence-corrected chi connectivity index (χ4v) is 3.73. The largest absolute Gasteiger partial charge is 0.493 e. The Balaban J connectivity index is 2.44. The second-order valence-electron chi connectivity index (χ2n) is 4.46. The van der Waals surface area contributed by atoms with Crippen LogP contribution in [0.1, 0.15) is 31.2 Å². The van der Waals surface area contributed by atoms with Crippen LogP contribution in [-0.4, -0.2) is 20.3 Å². The SMILES string of the molecule is CC[C@H]([C@H]1CCOc2cc(F)ccc21)S(N)(=O)=O. The summed E-state index contributed by atoms with van der Waals surface area (Å²) in [6.07, 6.45) is 1.01. The van der Waals surface area contributed by atoms with Gasteiger partial charge in [-0.25, -0.2) is 17.9 Å². The van der Waals surface area contributed by atoms with Crippen molar-refractivity contribution in [3.63, 3.8) is 0 Å². The monoisotopic (exact) mass is 273 g/mol. The summed E-state index contributed by atoms with van der Waals surface area (Å²) in [5, 5.41) is 4.62. The van der Waals surface area contributed by atoms with Crippen molar-refractivity contribution in [2.24, 2.45) is 5.14 Å². The first kappa shape index (κ1) is 13.3. The summed E-state index contributed by atoms with van der Waals surface area (Å²) >= 11 is 0. The van der Waals surface area contributed by atoms with Gasteiger partial charge >= 0.3 is 0 Å². The second kappa shape index (κ2) is 4.85. The predicted molar refractivity (Wildman–Crippen MR) is 66.4 cm³/mol. The highest BCUT2D eigenvalue weighted by molar-refractivity contribution is 7.89. The van der Waals surface area contributed by atoms with Crippen molar-refractivity contribution < 1.29 is 17.5 Å². The van der Waals surface area contributed by atoms with Gasteiger partial charge in [-0.05, 0) is 24.5 Å². The molecule has 1 aliphatic heterocycles. The van der Waals surface area contributed by atoms with E-state index in [4.69, 9.17) is 9.88 Å². The number of primary sulfonamides is 1. The highest BCUT2D eigenvalue weighted by Gasteiger charge is 2.34. The Labute approximate surface area is 106 Å². The molecule has 0 bridgehead atoms. The molecule has 0 amide bonds. The molecule has 18 heavy (non-hydrogen) atoms. The summed E-state index contributed by atoms with van der Waals surface area (Å²) in [5.74, 6) is -0.194. The van der Waals surface area contributed by atoms with Crippen LogP contribution in [0.2, 0.25) is 0 Å². The van der Waals surface area contributed by atoms with Gasteiger partial charge in [-0.3, -0.25) is 0 Å². The average Bonchev–Trinajstić information content (AvgIpc) is 2.27. The molecule has 0 aliphatic carbocycles. The summed E-state index contributed by atoms with van der Waals surface area (Å²) < 4.78 is 41.7. The molecule has 0 saturated heterocycles. The van der Waals surface area contributed by atoms with Crippen molar-refractivity contribution in [3.8, 4) is 5.75 Å². The van der Waals surface area contributed by atoms with Gasteiger partial charge < -0.3 is 4.74 Å². The molecule has 0 radical (unpaired) electrons. The number of fused-ring (bicyclic) bond motifs is 1. The van der Waals surface area contributed by atoms with E-state index in [0.717, 1.165) is 5.56 Å². The normalized spacial score (nSPS) is 20.9. The third-order valence-electron chi connectivity index (χ3n) is 3.33. The summed E-state index contributed by atoms with van der Waals surface area (Å²) in [4.78, 5) is 0. The van der Waals surface area contributed by atoms with Crippen LogP contribution in [0.3, 0.4) is 0 Å². The summed E-state index contributed by atoms with van der Waals surface area (Å²) in [6, 6.07) is 4.19. The number of benzene rings is 1. The fraction of sp³-hybridized carbons (Fsp3) is 0.500. The van der Waals surface area contributed by atoms with E-state index in [0.29, 0.717) is 25.2 Å². The smallest absolute Gasteiger partial charge is 0.212 e. The maximum absolute atomic E-state index is 13.1. The first-order chi connectivity index (χ1) is 8.43. The van der Waals surface area contributed by atoms with Gasteiger partial charge in [-0.15, -0.1) is 0 Å². The maximum atomic E-state index is 13.1. The van der Waals surface area contributed by atoms with E-state index >= 15 is 0 Å². The molecular formula is C12H16FNO3S. The second-order valence-corrected chi connectivity index (χ2v) is 6.25. The number of sulfonamides is 1. The van der Waals surface area contributed by atoms with Gasteiger partial charge in [0, 0.05) is 12.0 Å². The lowest BCUT2D eigenvalue weighted by molar-refractivity contribution is 0.261. The van der Waals surface area contributed by atoms with E-state index in [2.05, 4.69) is 0 Å². The van der Waals surface area contributed by atoms with Gasteiger partial charge in [0.25, 0.3) is 0 Å². The Morgan fingerprint density at radius 3 is 2.89 bits per heavy atom. The average molecular weight is 273 g/mol. The van der Waals surface area contributed by atoms with Gasteiger partial charge in [-0.1, -0.05) is 13.0 Å². The van der Waals surface area contributed by atoms with Gasteiger partial charge in [-0.2, -0.15) is 0 Å². The summed E-state index contributed by atoms with van der Waals surface area (Å²) in [6.45, 7) is 2.17. The Hall–Kier alpha value is -1.14. The van der Waals surface area contributed by atoms with Crippen LogP contribution < -0.4 is 9.88 Å². The van der Waals surface area contributed by atoms with Crippen LogP contribution in [0.4, 0.5) is 4.39 Å². The van der Waals surface area contributed by atoms with Crippen LogP contribution in [0, 0.1) is 5.82 Å². The van der Waals surface area contributed by atoms with Crippen molar-refractivity contribution in [2.45, 2.75) is 30.9 Å². The highest BCUT2D eigenvalue weighted by Crippen LogP contribution is 2.38. The van der Waals surface area contributed by atoms with Crippen LogP contribution in [0.5, 0.6) is 5.75 Å².